The fraction of sp³-hybridized carbons (Fsp3) is 0.261. The Morgan fingerprint density at radius 2 is 1.90 bits per heavy atom. The maximum Gasteiger partial charge on any atom is 0.274 e. The van der Waals surface area contributed by atoms with Gasteiger partial charge in [0, 0.05) is 49.2 Å². The minimum absolute atomic E-state index is 0.0987. The minimum atomic E-state index is -0.0987. The van der Waals surface area contributed by atoms with Crippen molar-refractivity contribution in [1.29, 1.82) is 0 Å². The van der Waals surface area contributed by atoms with Crippen LogP contribution in [0.3, 0.4) is 0 Å². The quantitative estimate of drug-likeness (QED) is 0.582. The van der Waals surface area contributed by atoms with Gasteiger partial charge in [0.1, 0.15) is 11.3 Å². The molecule has 1 fully saturated rings. The van der Waals surface area contributed by atoms with Gasteiger partial charge in [-0.1, -0.05) is 30.3 Å². The van der Waals surface area contributed by atoms with Gasteiger partial charge in [0.05, 0.1) is 11.9 Å². The third-order valence-corrected chi connectivity index (χ3v) is 5.51. The Kier molecular flexibility index (Phi) is 4.69. The van der Waals surface area contributed by atoms with E-state index in [1.165, 1.54) is 0 Å². The molecule has 0 amide bonds. The van der Waals surface area contributed by atoms with Crippen LogP contribution < -0.4 is 5.56 Å². The zero-order chi connectivity index (χ0) is 19.6. The number of benzene rings is 1. The van der Waals surface area contributed by atoms with Crippen LogP contribution >= 0.6 is 0 Å². The van der Waals surface area contributed by atoms with Crippen LogP contribution in [0.25, 0.3) is 16.8 Å². The SMILES string of the molecule is O=c1[nH]c(Cc2ccc(-c3ccccn3)cc2)cn2c(C3CCOCC3)ncc12. The summed E-state index contributed by atoms with van der Waals surface area (Å²) in [6.07, 6.45) is 8.02. The van der Waals surface area contributed by atoms with Gasteiger partial charge < -0.3 is 9.72 Å². The van der Waals surface area contributed by atoms with Gasteiger partial charge in [0.15, 0.2) is 0 Å². The normalized spacial score (nSPS) is 15.0. The molecular weight excluding hydrogens is 364 g/mol. The van der Waals surface area contributed by atoms with Gasteiger partial charge in [-0.3, -0.25) is 14.2 Å². The highest BCUT2D eigenvalue weighted by atomic mass is 16.5. The molecule has 5 rings (SSSR count). The zero-order valence-corrected chi connectivity index (χ0v) is 16.0. The van der Waals surface area contributed by atoms with E-state index in [4.69, 9.17) is 4.74 Å². The number of H-pyrrole nitrogens is 1. The van der Waals surface area contributed by atoms with Crippen LogP contribution in [0.5, 0.6) is 0 Å². The third-order valence-electron chi connectivity index (χ3n) is 5.51. The van der Waals surface area contributed by atoms with E-state index in [-0.39, 0.29) is 5.56 Å². The number of ether oxygens (including phenoxy) is 1. The fourth-order valence-corrected chi connectivity index (χ4v) is 3.97. The lowest BCUT2D eigenvalue weighted by molar-refractivity contribution is 0.0835. The molecule has 1 aromatic carbocycles. The van der Waals surface area contributed by atoms with Crippen LogP contribution in [0.4, 0.5) is 0 Å². The highest BCUT2D eigenvalue weighted by molar-refractivity contribution is 5.59. The average Bonchev–Trinajstić information content (AvgIpc) is 3.20. The zero-order valence-electron chi connectivity index (χ0n) is 16.0. The van der Waals surface area contributed by atoms with Crippen LogP contribution in [0.15, 0.2) is 65.8 Å². The number of pyridine rings is 1. The summed E-state index contributed by atoms with van der Waals surface area (Å²) in [4.78, 5) is 24.5. The number of aromatic nitrogens is 4. The summed E-state index contributed by atoms with van der Waals surface area (Å²) in [5.41, 5.74) is 4.54. The first-order valence-electron chi connectivity index (χ1n) is 9.95. The van der Waals surface area contributed by atoms with Crippen molar-refractivity contribution >= 4 is 5.52 Å². The summed E-state index contributed by atoms with van der Waals surface area (Å²) in [6.45, 7) is 1.50. The lowest BCUT2D eigenvalue weighted by atomic mass is 9.99. The Morgan fingerprint density at radius 3 is 2.66 bits per heavy atom. The standard InChI is InChI=1S/C23H22N4O2/c28-23-21-14-25-22(18-8-11-29-12-9-18)27(21)15-19(26-23)13-16-4-6-17(7-5-16)20-3-1-2-10-24-20/h1-7,10,14-15,18H,8-9,11-13H2,(H,26,28). The second kappa shape index (κ2) is 7.64. The van der Waals surface area contributed by atoms with E-state index in [0.717, 1.165) is 54.4 Å². The monoisotopic (exact) mass is 386 g/mol. The highest BCUT2D eigenvalue weighted by Crippen LogP contribution is 2.26. The topological polar surface area (TPSA) is 72.3 Å². The van der Waals surface area contributed by atoms with E-state index in [1.54, 1.807) is 12.4 Å². The highest BCUT2D eigenvalue weighted by Gasteiger charge is 2.21. The van der Waals surface area contributed by atoms with Crippen molar-refractivity contribution in [3.63, 3.8) is 0 Å². The van der Waals surface area contributed by atoms with Crippen molar-refractivity contribution in [1.82, 2.24) is 19.4 Å². The van der Waals surface area contributed by atoms with Crippen molar-refractivity contribution in [3.05, 3.63) is 88.5 Å². The van der Waals surface area contributed by atoms with Crippen molar-refractivity contribution in [2.75, 3.05) is 13.2 Å². The number of fused-ring (bicyclic) bond motifs is 1. The summed E-state index contributed by atoms with van der Waals surface area (Å²) in [6, 6.07) is 14.2. The summed E-state index contributed by atoms with van der Waals surface area (Å²) in [7, 11) is 0. The first kappa shape index (κ1) is 17.8. The van der Waals surface area contributed by atoms with Crippen molar-refractivity contribution < 1.29 is 4.74 Å². The molecule has 3 aromatic heterocycles. The lowest BCUT2D eigenvalue weighted by Crippen LogP contribution is -2.18. The summed E-state index contributed by atoms with van der Waals surface area (Å²) in [5.74, 6) is 1.29. The Bertz CT molecular complexity index is 1170. The smallest absolute Gasteiger partial charge is 0.274 e. The molecule has 0 aliphatic carbocycles. The second-order valence-corrected chi connectivity index (χ2v) is 7.46. The van der Waals surface area contributed by atoms with E-state index >= 15 is 0 Å². The second-order valence-electron chi connectivity index (χ2n) is 7.46. The van der Waals surface area contributed by atoms with E-state index in [0.29, 0.717) is 17.9 Å². The van der Waals surface area contributed by atoms with Crippen LogP contribution in [0, 0.1) is 0 Å². The Morgan fingerprint density at radius 1 is 1.07 bits per heavy atom. The van der Waals surface area contributed by atoms with Gasteiger partial charge in [0.2, 0.25) is 0 Å². The molecule has 1 saturated heterocycles. The summed E-state index contributed by atoms with van der Waals surface area (Å²) in [5, 5.41) is 0. The molecule has 0 unspecified atom stereocenters. The maximum atomic E-state index is 12.6. The van der Waals surface area contributed by atoms with Gasteiger partial charge in [-0.15, -0.1) is 0 Å². The van der Waals surface area contributed by atoms with Crippen molar-refractivity contribution in [3.8, 4) is 11.3 Å². The van der Waals surface area contributed by atoms with E-state index < -0.39 is 0 Å². The number of hydrogen-bond donors (Lipinski definition) is 1. The number of hydrogen-bond acceptors (Lipinski definition) is 4. The predicted octanol–water partition coefficient (Wildman–Crippen LogP) is 3.57. The molecule has 146 valence electrons. The first-order valence-corrected chi connectivity index (χ1v) is 9.95. The fourth-order valence-electron chi connectivity index (χ4n) is 3.97. The predicted molar refractivity (Wildman–Crippen MR) is 111 cm³/mol. The van der Waals surface area contributed by atoms with E-state index in [1.807, 2.05) is 28.8 Å². The van der Waals surface area contributed by atoms with Gasteiger partial charge in [-0.05, 0) is 30.5 Å². The van der Waals surface area contributed by atoms with Gasteiger partial charge >= 0.3 is 0 Å². The van der Waals surface area contributed by atoms with E-state index in [9.17, 15) is 4.79 Å². The Labute approximate surface area is 168 Å². The average molecular weight is 386 g/mol. The van der Waals surface area contributed by atoms with Crippen LogP contribution in [-0.4, -0.2) is 32.6 Å². The first-order chi connectivity index (χ1) is 14.3. The van der Waals surface area contributed by atoms with Gasteiger partial charge in [0.25, 0.3) is 5.56 Å². The van der Waals surface area contributed by atoms with E-state index in [2.05, 4.69) is 39.2 Å². The number of nitrogens with zero attached hydrogens (tertiary/aromatic N) is 3. The third kappa shape index (κ3) is 3.59. The van der Waals surface area contributed by atoms with Crippen LogP contribution in [0.2, 0.25) is 0 Å². The van der Waals surface area contributed by atoms with Crippen molar-refractivity contribution in [2.24, 2.45) is 0 Å². The Hall–Kier alpha value is -3.25. The maximum absolute atomic E-state index is 12.6. The molecule has 0 radical (unpaired) electrons. The molecule has 1 aliphatic rings. The summed E-state index contributed by atoms with van der Waals surface area (Å²) < 4.78 is 7.43. The molecule has 6 nitrogen and oxygen atoms in total. The minimum Gasteiger partial charge on any atom is -0.381 e. The number of rotatable bonds is 4. The Balaban J connectivity index is 1.43. The molecule has 0 saturated carbocycles. The van der Waals surface area contributed by atoms with Crippen LogP contribution in [-0.2, 0) is 11.2 Å². The molecule has 4 heterocycles. The lowest BCUT2D eigenvalue weighted by Gasteiger charge is -2.21. The molecule has 0 bridgehead atoms. The molecule has 0 spiro atoms. The molecular formula is C23H22N4O2. The van der Waals surface area contributed by atoms with Gasteiger partial charge in [-0.2, -0.15) is 0 Å². The number of aromatic amines is 1. The molecule has 4 aromatic rings. The molecule has 0 atom stereocenters. The number of imidazole rings is 1. The van der Waals surface area contributed by atoms with Crippen LogP contribution in [0.1, 0.15) is 35.8 Å². The largest absolute Gasteiger partial charge is 0.381 e. The number of nitrogens with one attached hydrogen (secondary N) is 1. The molecule has 1 aliphatic heterocycles. The molecule has 6 heteroatoms. The molecule has 29 heavy (non-hydrogen) atoms. The van der Waals surface area contributed by atoms with Gasteiger partial charge in [-0.25, -0.2) is 4.98 Å². The van der Waals surface area contributed by atoms with Crippen molar-refractivity contribution in [2.45, 2.75) is 25.2 Å². The molecule has 1 N–H and O–H groups in total. The summed E-state index contributed by atoms with van der Waals surface area (Å²) >= 11 is 0.